The molecule has 0 N–H and O–H groups in total. The first-order chi connectivity index (χ1) is 10.7. The summed E-state index contributed by atoms with van der Waals surface area (Å²) >= 11 is 4.75. The van der Waals surface area contributed by atoms with Crippen LogP contribution in [0.4, 0.5) is 5.69 Å². The summed E-state index contributed by atoms with van der Waals surface area (Å²) < 4.78 is 1.83. The van der Waals surface area contributed by atoms with E-state index in [0.717, 1.165) is 33.1 Å². The molecule has 1 aromatic carbocycles. The summed E-state index contributed by atoms with van der Waals surface area (Å²) in [6.45, 7) is 4.81. The third-order valence-corrected chi connectivity index (χ3v) is 6.54. The highest BCUT2D eigenvalue weighted by molar-refractivity contribution is 8.03. The maximum Gasteiger partial charge on any atom is 0.240 e. The van der Waals surface area contributed by atoms with Gasteiger partial charge in [0.25, 0.3) is 0 Å². The lowest BCUT2D eigenvalue weighted by Crippen LogP contribution is -2.35. The van der Waals surface area contributed by atoms with Crippen molar-refractivity contribution in [3.8, 4) is 0 Å². The molecule has 0 spiro atoms. The van der Waals surface area contributed by atoms with E-state index in [-0.39, 0.29) is 11.2 Å². The Bertz CT molecular complexity index is 674. The molecule has 22 heavy (non-hydrogen) atoms. The van der Waals surface area contributed by atoms with Gasteiger partial charge in [0.15, 0.2) is 8.68 Å². The molecule has 3 rings (SSSR count). The van der Waals surface area contributed by atoms with Crippen LogP contribution in [0.5, 0.6) is 0 Å². The molecule has 0 saturated carbocycles. The summed E-state index contributed by atoms with van der Waals surface area (Å²) in [6.07, 6.45) is 0.940. The molecule has 1 amide bonds. The van der Waals surface area contributed by atoms with Crippen molar-refractivity contribution in [3.63, 3.8) is 0 Å². The van der Waals surface area contributed by atoms with Crippen LogP contribution >= 0.6 is 34.9 Å². The highest BCUT2D eigenvalue weighted by atomic mass is 32.2. The number of fused-ring (bicyclic) bond motifs is 1. The summed E-state index contributed by atoms with van der Waals surface area (Å²) in [6, 6.07) is 8.14. The number of para-hydroxylation sites is 1. The second kappa shape index (κ2) is 7.02. The molecule has 1 aromatic heterocycles. The number of amides is 1. The highest BCUT2D eigenvalue weighted by Crippen LogP contribution is 2.34. The molecule has 0 bridgehead atoms. The summed E-state index contributed by atoms with van der Waals surface area (Å²) in [5, 5.41) is 8.15. The molecule has 0 fully saturated rings. The normalized spacial score (nSPS) is 14.9. The Morgan fingerprint density at radius 3 is 2.95 bits per heavy atom. The van der Waals surface area contributed by atoms with Crippen LogP contribution in [-0.2, 0) is 11.2 Å². The van der Waals surface area contributed by atoms with E-state index in [1.165, 1.54) is 17.3 Å². The second-order valence-corrected chi connectivity index (χ2v) is 8.97. The fraction of sp³-hybridized carbons (Fsp3) is 0.400. The molecule has 0 saturated heterocycles. The first kappa shape index (κ1) is 15.8. The third-order valence-electron chi connectivity index (χ3n) is 3.43. The lowest BCUT2D eigenvalue weighted by molar-refractivity contribution is -0.117. The zero-order chi connectivity index (χ0) is 15.5. The van der Waals surface area contributed by atoms with Crippen LogP contribution in [0, 0.1) is 0 Å². The summed E-state index contributed by atoms with van der Waals surface area (Å²) in [4.78, 5) is 14.6. The Balaban J connectivity index is 1.67. The number of hydrogen-bond donors (Lipinski definition) is 0. The number of thioether (sulfide) groups is 2. The molecule has 1 aliphatic heterocycles. The van der Waals surface area contributed by atoms with Crippen molar-refractivity contribution < 1.29 is 4.79 Å². The fourth-order valence-electron chi connectivity index (χ4n) is 2.41. The van der Waals surface area contributed by atoms with Gasteiger partial charge in [-0.3, -0.25) is 4.79 Å². The maximum absolute atomic E-state index is 12.7. The minimum Gasteiger partial charge on any atom is -0.311 e. The van der Waals surface area contributed by atoms with E-state index < -0.39 is 0 Å². The van der Waals surface area contributed by atoms with Gasteiger partial charge < -0.3 is 4.90 Å². The Labute approximate surface area is 142 Å². The Morgan fingerprint density at radius 1 is 1.36 bits per heavy atom. The van der Waals surface area contributed by atoms with Crippen molar-refractivity contribution in [1.82, 2.24) is 10.2 Å². The molecule has 2 aromatic rings. The quantitative estimate of drug-likeness (QED) is 0.768. The Hall–Kier alpha value is -1.05. The fourth-order valence-corrected chi connectivity index (χ4v) is 5.54. The molecular formula is C15H17N3OS3. The van der Waals surface area contributed by atoms with Crippen molar-refractivity contribution >= 4 is 46.5 Å². The maximum atomic E-state index is 12.7. The van der Waals surface area contributed by atoms with Crippen molar-refractivity contribution in [2.24, 2.45) is 0 Å². The summed E-state index contributed by atoms with van der Waals surface area (Å²) in [7, 11) is 0. The van der Waals surface area contributed by atoms with Crippen molar-refractivity contribution in [3.05, 3.63) is 29.8 Å². The van der Waals surface area contributed by atoms with Crippen LogP contribution in [0.1, 0.15) is 19.4 Å². The lowest BCUT2D eigenvalue weighted by atomic mass is 10.2. The second-order valence-electron chi connectivity index (χ2n) is 4.90. The predicted molar refractivity (Wildman–Crippen MR) is 94.1 cm³/mol. The van der Waals surface area contributed by atoms with Gasteiger partial charge in [-0.1, -0.05) is 60.0 Å². The van der Waals surface area contributed by atoms with Gasteiger partial charge in [0, 0.05) is 12.2 Å². The Kier molecular flexibility index (Phi) is 5.05. The molecule has 2 heterocycles. The van der Waals surface area contributed by atoms with Gasteiger partial charge >= 0.3 is 0 Å². The number of carbonyl (C=O) groups excluding carboxylic acids is 1. The number of anilines is 1. The van der Waals surface area contributed by atoms with Crippen LogP contribution in [-0.4, -0.2) is 33.7 Å². The van der Waals surface area contributed by atoms with Gasteiger partial charge in [0.05, 0.1) is 5.25 Å². The van der Waals surface area contributed by atoms with Crippen molar-refractivity contribution in [2.45, 2.75) is 34.2 Å². The zero-order valence-electron chi connectivity index (χ0n) is 12.5. The van der Waals surface area contributed by atoms with Crippen LogP contribution in [0.2, 0.25) is 0 Å². The lowest BCUT2D eigenvalue weighted by Gasteiger charge is -2.20. The van der Waals surface area contributed by atoms with E-state index in [0.29, 0.717) is 0 Å². The van der Waals surface area contributed by atoms with Gasteiger partial charge in [-0.15, -0.1) is 10.2 Å². The number of carbonyl (C=O) groups is 1. The highest BCUT2D eigenvalue weighted by Gasteiger charge is 2.28. The van der Waals surface area contributed by atoms with Gasteiger partial charge in [0.1, 0.15) is 0 Å². The molecule has 7 heteroatoms. The van der Waals surface area contributed by atoms with Crippen LogP contribution < -0.4 is 4.90 Å². The number of rotatable bonds is 5. The first-order valence-corrected chi connectivity index (χ1v) is 9.89. The molecular weight excluding hydrogens is 334 g/mol. The van der Waals surface area contributed by atoms with E-state index >= 15 is 0 Å². The molecule has 0 radical (unpaired) electrons. The van der Waals surface area contributed by atoms with Crippen LogP contribution in [0.3, 0.4) is 0 Å². The molecule has 1 atom stereocenters. The van der Waals surface area contributed by atoms with Gasteiger partial charge in [-0.2, -0.15) is 0 Å². The SMILES string of the molecule is CCSc1nnc(SC(C)C(=O)N2CCc3ccccc32)s1. The molecule has 4 nitrogen and oxygen atoms in total. The summed E-state index contributed by atoms with van der Waals surface area (Å²) in [5.41, 5.74) is 2.31. The summed E-state index contributed by atoms with van der Waals surface area (Å²) in [5.74, 6) is 1.13. The minimum atomic E-state index is -0.154. The van der Waals surface area contributed by atoms with E-state index in [9.17, 15) is 4.79 Å². The van der Waals surface area contributed by atoms with Crippen LogP contribution in [0.25, 0.3) is 0 Å². The standard InChI is InChI=1S/C15H17N3OS3/c1-3-20-14-16-17-15(22-14)21-10(2)13(19)18-9-8-11-6-4-5-7-12(11)18/h4-7,10H,3,8-9H2,1-2H3. The zero-order valence-corrected chi connectivity index (χ0v) is 14.9. The topological polar surface area (TPSA) is 46.1 Å². The predicted octanol–water partition coefficient (Wildman–Crippen LogP) is 3.72. The molecule has 116 valence electrons. The van der Waals surface area contributed by atoms with E-state index in [1.807, 2.05) is 30.0 Å². The Morgan fingerprint density at radius 2 is 2.14 bits per heavy atom. The van der Waals surface area contributed by atoms with Crippen LogP contribution in [0.15, 0.2) is 32.9 Å². The van der Waals surface area contributed by atoms with E-state index in [4.69, 9.17) is 0 Å². The van der Waals surface area contributed by atoms with Gasteiger partial charge in [0.2, 0.25) is 5.91 Å². The average Bonchev–Trinajstić information content (AvgIpc) is 3.13. The first-order valence-electron chi connectivity index (χ1n) is 7.21. The largest absolute Gasteiger partial charge is 0.311 e. The number of benzene rings is 1. The molecule has 0 aliphatic carbocycles. The van der Waals surface area contributed by atoms with Gasteiger partial charge in [-0.25, -0.2) is 0 Å². The molecule has 1 unspecified atom stereocenters. The number of nitrogens with zero attached hydrogens (tertiary/aromatic N) is 3. The third kappa shape index (κ3) is 3.31. The van der Waals surface area contributed by atoms with Crippen molar-refractivity contribution in [2.75, 3.05) is 17.2 Å². The number of aromatic nitrogens is 2. The van der Waals surface area contributed by atoms with Crippen molar-refractivity contribution in [1.29, 1.82) is 0 Å². The molecule has 1 aliphatic rings. The monoisotopic (exact) mass is 351 g/mol. The van der Waals surface area contributed by atoms with Gasteiger partial charge in [-0.05, 0) is 30.7 Å². The van der Waals surface area contributed by atoms with E-state index in [1.54, 1.807) is 23.1 Å². The smallest absolute Gasteiger partial charge is 0.240 e. The van der Waals surface area contributed by atoms with E-state index in [2.05, 4.69) is 23.2 Å². The average molecular weight is 352 g/mol. The number of hydrogen-bond acceptors (Lipinski definition) is 6. The minimum absolute atomic E-state index is 0.148.